The molecule has 2 saturated heterocycles. The fraction of sp³-hybridized carbons (Fsp3) is 0.455. The molecule has 0 aromatic heterocycles. The molecule has 0 radical (unpaired) electrons. The monoisotopic (exact) mass is 478 g/mol. The summed E-state index contributed by atoms with van der Waals surface area (Å²) in [6, 6.07) is 9.01. The average Bonchev–Trinajstić information content (AvgIpc) is 2.81. The zero-order valence-electron chi connectivity index (χ0n) is 18.5. The summed E-state index contributed by atoms with van der Waals surface area (Å²) in [5.74, 6) is 0. The standard InChI is InChI=1S/C11H15N3O2.C6H5ClN2O2.C5H11N/c12-10-8-9(4-5-11(10)14(15)16)13-6-2-1-3-7-13;7-4-1-2-6(9(10)11)5(8)3-4;1-2-4-6-5-3-1/h4-5,8H,1-3,6-7,12H2;1-3H,8H2;6H,1-5H2. The van der Waals surface area contributed by atoms with Crippen LogP contribution >= 0.6 is 11.6 Å². The largest absolute Gasteiger partial charge is 0.393 e. The number of hydrogen-bond acceptors (Lipinski definition) is 8. The van der Waals surface area contributed by atoms with Gasteiger partial charge in [0.2, 0.25) is 0 Å². The molecule has 0 unspecified atom stereocenters. The average molecular weight is 479 g/mol. The van der Waals surface area contributed by atoms with E-state index in [0.29, 0.717) is 5.02 Å². The molecule has 0 atom stereocenters. The smallest absolute Gasteiger partial charge is 0.292 e. The Hall–Kier alpha value is -3.11. The van der Waals surface area contributed by atoms with Gasteiger partial charge in [-0.2, -0.15) is 0 Å². The number of nitrogens with one attached hydrogen (secondary N) is 1. The van der Waals surface area contributed by atoms with Crippen LogP contribution < -0.4 is 21.7 Å². The first-order valence-corrected chi connectivity index (χ1v) is 11.4. The lowest BCUT2D eigenvalue weighted by atomic mass is 10.1. The van der Waals surface area contributed by atoms with E-state index < -0.39 is 9.85 Å². The highest BCUT2D eigenvalue weighted by Crippen LogP contribution is 2.28. The number of rotatable bonds is 3. The van der Waals surface area contributed by atoms with Gasteiger partial charge in [-0.1, -0.05) is 18.0 Å². The first-order chi connectivity index (χ1) is 15.8. The Kier molecular flexibility index (Phi) is 10.6. The third-order valence-corrected chi connectivity index (χ3v) is 5.56. The summed E-state index contributed by atoms with van der Waals surface area (Å²) in [6.45, 7) is 4.52. The van der Waals surface area contributed by atoms with Gasteiger partial charge < -0.3 is 21.7 Å². The van der Waals surface area contributed by atoms with E-state index in [0.717, 1.165) is 18.8 Å². The van der Waals surface area contributed by atoms with Crippen LogP contribution in [0.2, 0.25) is 5.02 Å². The Morgan fingerprint density at radius 2 is 1.30 bits per heavy atom. The van der Waals surface area contributed by atoms with E-state index in [1.165, 1.54) is 75.9 Å². The second kappa shape index (κ2) is 13.4. The number of halogens is 1. The van der Waals surface area contributed by atoms with Crippen molar-refractivity contribution in [1.82, 2.24) is 5.32 Å². The van der Waals surface area contributed by atoms with Crippen LogP contribution in [0.3, 0.4) is 0 Å². The molecule has 5 N–H and O–H groups in total. The lowest BCUT2D eigenvalue weighted by Crippen LogP contribution is -2.29. The molecule has 180 valence electrons. The molecule has 11 heteroatoms. The van der Waals surface area contributed by atoms with Crippen molar-refractivity contribution in [3.05, 3.63) is 61.6 Å². The highest BCUT2D eigenvalue weighted by molar-refractivity contribution is 6.30. The number of piperidine rings is 2. The molecule has 10 nitrogen and oxygen atoms in total. The van der Waals surface area contributed by atoms with Gasteiger partial charge >= 0.3 is 0 Å². The Morgan fingerprint density at radius 3 is 1.73 bits per heavy atom. The lowest BCUT2D eigenvalue weighted by Gasteiger charge is -2.28. The van der Waals surface area contributed by atoms with Gasteiger partial charge in [-0.05, 0) is 69.5 Å². The Bertz CT molecular complexity index is 922. The molecular weight excluding hydrogens is 448 g/mol. The summed E-state index contributed by atoms with van der Waals surface area (Å²) in [7, 11) is 0. The molecule has 0 spiro atoms. The van der Waals surface area contributed by atoms with Crippen LogP contribution in [0.15, 0.2) is 36.4 Å². The van der Waals surface area contributed by atoms with Crippen molar-refractivity contribution in [3.8, 4) is 0 Å². The third-order valence-electron chi connectivity index (χ3n) is 5.32. The molecule has 0 saturated carbocycles. The van der Waals surface area contributed by atoms with Crippen molar-refractivity contribution in [3.63, 3.8) is 0 Å². The lowest BCUT2D eigenvalue weighted by molar-refractivity contribution is -0.384. The van der Waals surface area contributed by atoms with Crippen molar-refractivity contribution in [2.45, 2.75) is 38.5 Å². The Morgan fingerprint density at radius 1 is 0.788 bits per heavy atom. The molecule has 2 aliphatic heterocycles. The maximum absolute atomic E-state index is 10.6. The fourth-order valence-electron chi connectivity index (χ4n) is 3.55. The van der Waals surface area contributed by atoms with Crippen molar-refractivity contribution in [1.29, 1.82) is 0 Å². The molecule has 2 aromatic carbocycles. The van der Waals surface area contributed by atoms with Crippen LogP contribution in [-0.4, -0.2) is 36.0 Å². The first kappa shape index (κ1) is 26.1. The molecular formula is C22H31ClN6O4. The van der Waals surface area contributed by atoms with Crippen LogP contribution in [0.25, 0.3) is 0 Å². The maximum atomic E-state index is 10.6. The van der Waals surface area contributed by atoms with Gasteiger partial charge in [0.25, 0.3) is 11.4 Å². The van der Waals surface area contributed by atoms with Gasteiger partial charge in [0.1, 0.15) is 11.4 Å². The SMILES string of the molecule is C1CCNCC1.Nc1cc(Cl)ccc1[N+](=O)[O-].Nc1cc(N2CCCCC2)ccc1[N+](=O)[O-]. The van der Waals surface area contributed by atoms with Gasteiger partial charge in [-0.25, -0.2) is 0 Å². The van der Waals surface area contributed by atoms with Gasteiger partial charge in [0, 0.05) is 35.9 Å². The number of nitrogen functional groups attached to an aromatic ring is 2. The third kappa shape index (κ3) is 8.74. The number of hydrogen-bond donors (Lipinski definition) is 3. The zero-order chi connectivity index (χ0) is 24.2. The number of benzene rings is 2. The highest BCUT2D eigenvalue weighted by Gasteiger charge is 2.15. The number of nitro benzene ring substituents is 2. The molecule has 2 aromatic rings. The van der Waals surface area contributed by atoms with E-state index in [4.69, 9.17) is 23.1 Å². The number of nitrogens with zero attached hydrogens (tertiary/aromatic N) is 3. The summed E-state index contributed by atoms with van der Waals surface area (Å²) in [5.41, 5.74) is 12.1. The fourth-order valence-corrected chi connectivity index (χ4v) is 3.73. The van der Waals surface area contributed by atoms with Gasteiger partial charge in [0.15, 0.2) is 0 Å². The zero-order valence-corrected chi connectivity index (χ0v) is 19.3. The normalized spacial score (nSPS) is 15.4. The highest BCUT2D eigenvalue weighted by atomic mass is 35.5. The molecule has 4 rings (SSSR count). The predicted molar refractivity (Wildman–Crippen MR) is 133 cm³/mol. The minimum Gasteiger partial charge on any atom is -0.393 e. The molecule has 0 aliphatic carbocycles. The Balaban J connectivity index is 0.000000195. The Labute approximate surface area is 198 Å². The summed E-state index contributed by atoms with van der Waals surface area (Å²) < 4.78 is 0. The van der Waals surface area contributed by atoms with Crippen LogP contribution in [0.1, 0.15) is 38.5 Å². The van der Waals surface area contributed by atoms with Gasteiger partial charge in [-0.15, -0.1) is 0 Å². The predicted octanol–water partition coefficient (Wildman–Crippen LogP) is 4.76. The molecule has 0 amide bonds. The van der Waals surface area contributed by atoms with Gasteiger partial charge in [-0.3, -0.25) is 20.2 Å². The van der Waals surface area contributed by atoms with Crippen molar-refractivity contribution < 1.29 is 9.85 Å². The minimum atomic E-state index is -0.550. The van der Waals surface area contributed by atoms with Crippen LogP contribution in [0, 0.1) is 20.2 Å². The number of anilines is 3. The molecule has 0 bridgehead atoms. The van der Waals surface area contributed by atoms with Crippen LogP contribution in [0.5, 0.6) is 0 Å². The molecule has 2 aliphatic rings. The van der Waals surface area contributed by atoms with E-state index in [1.54, 1.807) is 12.1 Å². The topological polar surface area (TPSA) is 154 Å². The van der Waals surface area contributed by atoms with Crippen LogP contribution in [-0.2, 0) is 0 Å². The summed E-state index contributed by atoms with van der Waals surface area (Å²) >= 11 is 5.52. The second-order valence-electron chi connectivity index (χ2n) is 7.82. The molecule has 2 heterocycles. The summed E-state index contributed by atoms with van der Waals surface area (Å²) in [4.78, 5) is 22.1. The maximum Gasteiger partial charge on any atom is 0.292 e. The summed E-state index contributed by atoms with van der Waals surface area (Å²) in [5, 5.41) is 24.5. The van der Waals surface area contributed by atoms with Gasteiger partial charge in [0.05, 0.1) is 9.85 Å². The molecule has 2 fully saturated rings. The van der Waals surface area contributed by atoms with E-state index in [2.05, 4.69) is 10.2 Å². The number of nitrogens with two attached hydrogens (primary N) is 2. The van der Waals surface area contributed by atoms with E-state index >= 15 is 0 Å². The van der Waals surface area contributed by atoms with Crippen molar-refractivity contribution in [2.24, 2.45) is 0 Å². The van der Waals surface area contributed by atoms with Crippen LogP contribution in [0.4, 0.5) is 28.4 Å². The van der Waals surface area contributed by atoms with Crippen molar-refractivity contribution in [2.75, 3.05) is 42.5 Å². The quantitative estimate of drug-likeness (QED) is 0.324. The minimum absolute atomic E-state index is 0.0132. The first-order valence-electron chi connectivity index (χ1n) is 11.0. The number of nitro groups is 2. The van der Waals surface area contributed by atoms with E-state index in [1.807, 2.05) is 0 Å². The van der Waals surface area contributed by atoms with E-state index in [-0.39, 0.29) is 22.7 Å². The van der Waals surface area contributed by atoms with E-state index in [9.17, 15) is 20.2 Å². The molecule has 33 heavy (non-hydrogen) atoms. The van der Waals surface area contributed by atoms with Crippen molar-refractivity contribution >= 4 is 40.0 Å². The second-order valence-corrected chi connectivity index (χ2v) is 8.26. The summed E-state index contributed by atoms with van der Waals surface area (Å²) in [6.07, 6.45) is 7.83.